The Hall–Kier alpha value is -10.3. The van der Waals surface area contributed by atoms with Crippen LogP contribution in [-0.4, -0.2) is 0 Å². The summed E-state index contributed by atoms with van der Waals surface area (Å²) < 4.78 is 0. The zero-order chi connectivity index (χ0) is 54.0. The van der Waals surface area contributed by atoms with E-state index < -0.39 is 5.41 Å². The minimum Gasteiger partial charge on any atom is -0.310 e. The van der Waals surface area contributed by atoms with Crippen LogP contribution in [0.5, 0.6) is 0 Å². The lowest BCUT2D eigenvalue weighted by atomic mass is 9.67. The molecular weight excluding hydrogens is 977 g/mol. The van der Waals surface area contributed by atoms with E-state index in [2.05, 4.69) is 327 Å². The van der Waals surface area contributed by atoms with Crippen LogP contribution in [0, 0.1) is 13.8 Å². The largest absolute Gasteiger partial charge is 0.310 e. The van der Waals surface area contributed by atoms with E-state index in [9.17, 15) is 0 Å². The predicted molar refractivity (Wildman–Crippen MR) is 343 cm³/mol. The topological polar surface area (TPSA) is 6.48 Å². The van der Waals surface area contributed by atoms with Gasteiger partial charge in [-0.05, 0) is 174 Å². The molecule has 0 radical (unpaired) electrons. The monoisotopic (exact) mass is 1030 g/mol. The van der Waals surface area contributed by atoms with Gasteiger partial charge in [-0.15, -0.1) is 0 Å². The second kappa shape index (κ2) is 19.6. The summed E-state index contributed by atoms with van der Waals surface area (Å²) in [5, 5.41) is 7.31. The molecule has 14 aromatic rings. The Labute approximate surface area is 474 Å². The third-order valence-electron chi connectivity index (χ3n) is 17.0. The molecule has 0 saturated carbocycles. The Morgan fingerprint density at radius 3 is 1.17 bits per heavy atom. The third-order valence-corrected chi connectivity index (χ3v) is 17.0. The van der Waals surface area contributed by atoms with Crippen molar-refractivity contribution in [2.45, 2.75) is 19.3 Å². The van der Waals surface area contributed by atoms with Crippen LogP contribution in [0.25, 0.3) is 76.8 Å². The summed E-state index contributed by atoms with van der Waals surface area (Å²) in [4.78, 5) is 4.96. The Bertz CT molecular complexity index is 4640. The van der Waals surface area contributed by atoms with Crippen molar-refractivity contribution in [1.82, 2.24) is 0 Å². The highest BCUT2D eigenvalue weighted by Gasteiger charge is 2.46. The lowest BCUT2D eigenvalue weighted by Crippen LogP contribution is -2.28. The summed E-state index contributed by atoms with van der Waals surface area (Å²) in [5.41, 5.74) is 23.3. The van der Waals surface area contributed by atoms with E-state index in [0.29, 0.717) is 0 Å². The van der Waals surface area contributed by atoms with Crippen LogP contribution in [0.15, 0.2) is 303 Å². The van der Waals surface area contributed by atoms with Gasteiger partial charge in [0.2, 0.25) is 0 Å². The minimum atomic E-state index is -0.540. The van der Waals surface area contributed by atoms with Crippen molar-refractivity contribution < 1.29 is 0 Å². The van der Waals surface area contributed by atoms with Crippen LogP contribution >= 0.6 is 0 Å². The third kappa shape index (κ3) is 7.86. The lowest BCUT2D eigenvalue weighted by molar-refractivity contribution is 0.768. The van der Waals surface area contributed by atoms with Gasteiger partial charge in [0.25, 0.3) is 0 Å². The normalized spacial score (nSPS) is 12.4. The van der Waals surface area contributed by atoms with E-state index in [0.717, 1.165) is 39.7 Å². The Kier molecular flexibility index (Phi) is 11.6. The fourth-order valence-corrected chi connectivity index (χ4v) is 13.5. The van der Waals surface area contributed by atoms with Crippen molar-refractivity contribution in [2.75, 3.05) is 9.80 Å². The Balaban J connectivity index is 0.915. The maximum Gasteiger partial charge on any atom is 0.0714 e. The summed E-state index contributed by atoms with van der Waals surface area (Å²) in [7, 11) is 0. The number of aryl methyl sites for hydroxylation is 2. The van der Waals surface area contributed by atoms with Crippen molar-refractivity contribution in [3.63, 3.8) is 0 Å². The molecule has 0 amide bonds. The quantitative estimate of drug-likeness (QED) is 0.119. The first-order chi connectivity index (χ1) is 40.0. The highest BCUT2D eigenvalue weighted by atomic mass is 15.2. The van der Waals surface area contributed by atoms with Gasteiger partial charge < -0.3 is 9.80 Å². The first-order valence-corrected chi connectivity index (χ1v) is 28.2. The van der Waals surface area contributed by atoms with Gasteiger partial charge in [-0.2, -0.15) is 0 Å². The number of anilines is 6. The second-order valence-electron chi connectivity index (χ2n) is 21.7. The van der Waals surface area contributed by atoms with E-state index in [-0.39, 0.29) is 0 Å². The van der Waals surface area contributed by atoms with E-state index in [1.165, 1.54) is 105 Å². The van der Waals surface area contributed by atoms with Crippen molar-refractivity contribution in [1.29, 1.82) is 0 Å². The van der Waals surface area contributed by atoms with Crippen molar-refractivity contribution in [2.24, 2.45) is 0 Å². The molecule has 0 N–H and O–H groups in total. The first-order valence-electron chi connectivity index (χ1n) is 28.2. The number of nitrogens with zero attached hydrogens (tertiary/aromatic N) is 2. The predicted octanol–water partition coefficient (Wildman–Crippen LogP) is 21.5. The van der Waals surface area contributed by atoms with E-state index in [1.807, 2.05) is 0 Å². The fourth-order valence-electron chi connectivity index (χ4n) is 13.5. The molecule has 0 unspecified atom stereocenters. The number of rotatable bonds is 11. The van der Waals surface area contributed by atoms with Gasteiger partial charge in [0, 0.05) is 33.5 Å². The van der Waals surface area contributed by atoms with Gasteiger partial charge >= 0.3 is 0 Å². The van der Waals surface area contributed by atoms with Crippen molar-refractivity contribution in [3.05, 3.63) is 337 Å². The zero-order valence-electron chi connectivity index (χ0n) is 45.3. The molecule has 14 aromatic carbocycles. The van der Waals surface area contributed by atoms with Crippen LogP contribution in [0.1, 0.15) is 33.4 Å². The molecule has 81 heavy (non-hydrogen) atoms. The van der Waals surface area contributed by atoms with Gasteiger partial charge in [0.15, 0.2) is 0 Å². The van der Waals surface area contributed by atoms with Crippen molar-refractivity contribution in [3.8, 4) is 44.5 Å². The molecule has 1 aliphatic carbocycles. The molecule has 0 aliphatic heterocycles. The molecule has 0 spiro atoms. The van der Waals surface area contributed by atoms with Gasteiger partial charge in [-0.3, -0.25) is 0 Å². The molecule has 2 heteroatoms. The zero-order valence-corrected chi connectivity index (χ0v) is 45.3. The molecule has 1 aliphatic rings. The molecule has 0 heterocycles. The summed E-state index contributed by atoms with van der Waals surface area (Å²) in [6.07, 6.45) is 0. The van der Waals surface area contributed by atoms with Gasteiger partial charge in [0.05, 0.1) is 16.8 Å². The van der Waals surface area contributed by atoms with Crippen molar-refractivity contribution >= 4 is 66.4 Å². The standard InChI is InChI=1S/C79H56N2/c1-53-21-17-29-61(49-53)80(63-31-19-25-58(51-63)66-34-10-12-36-68(66)67-35-11-9-33-65(67)55-23-5-3-6-24-55)75-47-43-56-42-46-72-76(48-44-57-41-45-71(75)77(56)78(57)72)81(62-30-18-22-54(2)50-62)64-32-20-28-60(52-64)79(59-26-7-4-8-27-59)73-39-15-13-37-69(73)70-38-14-16-40-74(70)79/h3-52H,1-2H3. The number of fused-ring (bicyclic) bond motifs is 3. The summed E-state index contributed by atoms with van der Waals surface area (Å²) in [6.45, 7) is 4.38. The van der Waals surface area contributed by atoms with Crippen LogP contribution in [0.4, 0.5) is 34.1 Å². The van der Waals surface area contributed by atoms with Crippen LogP contribution in [0.2, 0.25) is 0 Å². The lowest BCUT2D eigenvalue weighted by Gasteiger charge is -2.35. The molecule has 15 rings (SSSR count). The van der Waals surface area contributed by atoms with Crippen LogP contribution < -0.4 is 9.80 Å². The van der Waals surface area contributed by atoms with Crippen LogP contribution in [-0.2, 0) is 5.41 Å². The molecule has 0 atom stereocenters. The molecule has 2 nitrogen and oxygen atoms in total. The average Bonchev–Trinajstić information content (AvgIpc) is 3.56. The molecular formula is C79H56N2. The van der Waals surface area contributed by atoms with Gasteiger partial charge in [-0.1, -0.05) is 243 Å². The Morgan fingerprint density at radius 2 is 0.642 bits per heavy atom. The number of hydrogen-bond donors (Lipinski definition) is 0. The molecule has 0 aromatic heterocycles. The highest BCUT2D eigenvalue weighted by molar-refractivity contribution is 6.28. The maximum absolute atomic E-state index is 2.50. The average molecular weight is 1030 g/mol. The van der Waals surface area contributed by atoms with Gasteiger partial charge in [-0.25, -0.2) is 0 Å². The smallest absolute Gasteiger partial charge is 0.0714 e. The highest BCUT2D eigenvalue weighted by Crippen LogP contribution is 2.57. The van der Waals surface area contributed by atoms with Crippen LogP contribution in [0.3, 0.4) is 0 Å². The molecule has 0 bridgehead atoms. The number of hydrogen-bond acceptors (Lipinski definition) is 2. The summed E-state index contributed by atoms with van der Waals surface area (Å²) in [5.74, 6) is 0. The second-order valence-corrected chi connectivity index (χ2v) is 21.7. The molecule has 0 saturated heterocycles. The number of benzene rings is 14. The maximum atomic E-state index is 2.50. The molecule has 0 fully saturated rings. The first kappa shape index (κ1) is 47.9. The summed E-state index contributed by atoms with van der Waals surface area (Å²) in [6, 6.07) is 113. The summed E-state index contributed by atoms with van der Waals surface area (Å²) >= 11 is 0. The SMILES string of the molecule is Cc1cccc(N(c2cccc(-c3ccccc3-c3ccccc3-c3ccccc3)c2)c2ccc3ccc4c(N(c5cccc(C)c5)c5cccc(C6(c7ccccc7)c7ccccc7-c7ccccc76)c5)ccc5ccc2c3c54)c1. The Morgan fingerprint density at radius 1 is 0.259 bits per heavy atom. The van der Waals surface area contributed by atoms with E-state index >= 15 is 0 Å². The van der Waals surface area contributed by atoms with Gasteiger partial charge in [0.1, 0.15) is 0 Å². The van der Waals surface area contributed by atoms with E-state index in [1.54, 1.807) is 0 Å². The molecule has 382 valence electrons. The minimum absolute atomic E-state index is 0.540. The van der Waals surface area contributed by atoms with E-state index in [4.69, 9.17) is 0 Å². The fraction of sp³-hybridized carbons (Fsp3) is 0.0380.